The minimum absolute atomic E-state index is 0. The summed E-state index contributed by atoms with van der Waals surface area (Å²) < 4.78 is 0. The molecule has 4 N–H and O–H groups in total. The van der Waals surface area contributed by atoms with Crippen molar-refractivity contribution in [3.8, 4) is 5.75 Å². The molecule has 0 fully saturated rings. The molecule has 0 spiro atoms. The first-order chi connectivity index (χ1) is 7.02. The maximum Gasteiger partial charge on any atom is 0.120 e. The quantitative estimate of drug-likeness (QED) is 0.762. The number of hydrogen-bond acceptors (Lipinski definition) is 3. The molecule has 2 atom stereocenters. The average molecular weight is 246 g/mol. The normalized spacial score (nSPS) is 14.3. The molecular formula is C12H20ClNO2. The van der Waals surface area contributed by atoms with E-state index in [2.05, 4.69) is 0 Å². The fourth-order valence-corrected chi connectivity index (χ4v) is 1.61. The van der Waals surface area contributed by atoms with Crippen LogP contribution in [0.3, 0.4) is 0 Å². The Kier molecular flexibility index (Phi) is 6.41. The predicted molar refractivity (Wildman–Crippen MR) is 67.7 cm³/mol. The van der Waals surface area contributed by atoms with E-state index in [1.807, 2.05) is 13.8 Å². The van der Waals surface area contributed by atoms with Crippen LogP contribution in [0.1, 0.15) is 31.9 Å². The van der Waals surface area contributed by atoms with Crippen LogP contribution in [0.4, 0.5) is 0 Å². The van der Waals surface area contributed by atoms with Crippen molar-refractivity contribution in [3.63, 3.8) is 0 Å². The lowest BCUT2D eigenvalue weighted by Gasteiger charge is -2.21. The maximum absolute atomic E-state index is 9.83. The van der Waals surface area contributed by atoms with Gasteiger partial charge >= 0.3 is 0 Å². The number of halogens is 1. The largest absolute Gasteiger partial charge is 0.508 e. The number of rotatable bonds is 4. The number of para-hydroxylation sites is 1. The first-order valence-corrected chi connectivity index (χ1v) is 5.24. The molecule has 0 aliphatic carbocycles. The molecule has 0 aromatic heterocycles. The van der Waals surface area contributed by atoms with E-state index in [9.17, 15) is 10.2 Å². The molecule has 1 aromatic rings. The lowest BCUT2D eigenvalue weighted by Crippen LogP contribution is -2.27. The zero-order chi connectivity index (χ0) is 11.4. The second-order valence-corrected chi connectivity index (χ2v) is 4.28. The molecule has 0 aliphatic heterocycles. The Morgan fingerprint density at radius 3 is 2.31 bits per heavy atom. The van der Waals surface area contributed by atoms with Crippen LogP contribution >= 0.6 is 12.4 Å². The van der Waals surface area contributed by atoms with Crippen molar-refractivity contribution in [1.29, 1.82) is 0 Å². The highest BCUT2D eigenvalue weighted by Crippen LogP contribution is 2.26. The van der Waals surface area contributed by atoms with Crippen molar-refractivity contribution in [2.24, 2.45) is 11.7 Å². The van der Waals surface area contributed by atoms with Crippen LogP contribution in [0.25, 0.3) is 0 Å². The standard InChI is InChI=1S/C12H19NO2.ClH/c1-8(2)7-11(15)12(13)9-5-3-4-6-10(9)14;/h3-6,8,11-12,14-15H,7,13H2,1-2H3;1H/t11-,12+;/m0./s1. The second kappa shape index (κ2) is 6.74. The van der Waals surface area contributed by atoms with Gasteiger partial charge in [0.2, 0.25) is 0 Å². The van der Waals surface area contributed by atoms with Crippen molar-refractivity contribution in [1.82, 2.24) is 0 Å². The van der Waals surface area contributed by atoms with Gasteiger partial charge in [-0.3, -0.25) is 0 Å². The molecule has 92 valence electrons. The molecule has 0 radical (unpaired) electrons. The Morgan fingerprint density at radius 1 is 1.25 bits per heavy atom. The van der Waals surface area contributed by atoms with E-state index in [0.717, 1.165) is 0 Å². The molecule has 4 heteroatoms. The highest BCUT2D eigenvalue weighted by Gasteiger charge is 2.20. The van der Waals surface area contributed by atoms with E-state index in [1.165, 1.54) is 0 Å². The third kappa shape index (κ3) is 4.00. The molecule has 0 amide bonds. The van der Waals surface area contributed by atoms with Gasteiger partial charge in [-0.2, -0.15) is 0 Å². The number of benzene rings is 1. The number of hydrogen-bond donors (Lipinski definition) is 3. The maximum atomic E-state index is 9.83. The molecule has 0 heterocycles. The zero-order valence-electron chi connectivity index (χ0n) is 9.63. The summed E-state index contributed by atoms with van der Waals surface area (Å²) in [6, 6.07) is 6.34. The van der Waals surface area contributed by atoms with Crippen molar-refractivity contribution >= 4 is 12.4 Å². The monoisotopic (exact) mass is 245 g/mol. The molecule has 3 nitrogen and oxygen atoms in total. The SMILES string of the molecule is CC(C)C[C@H](O)[C@H](N)c1ccccc1O.Cl. The third-order valence-electron chi connectivity index (χ3n) is 2.42. The van der Waals surface area contributed by atoms with Crippen molar-refractivity contribution < 1.29 is 10.2 Å². The van der Waals surface area contributed by atoms with E-state index in [-0.39, 0.29) is 18.2 Å². The van der Waals surface area contributed by atoms with Gasteiger partial charge in [0.25, 0.3) is 0 Å². The van der Waals surface area contributed by atoms with Crippen molar-refractivity contribution in [2.45, 2.75) is 32.4 Å². The fraction of sp³-hybridized carbons (Fsp3) is 0.500. The molecule has 16 heavy (non-hydrogen) atoms. The molecule has 0 saturated carbocycles. The summed E-state index contributed by atoms with van der Waals surface area (Å²) >= 11 is 0. The van der Waals surface area contributed by atoms with Gasteiger partial charge < -0.3 is 15.9 Å². The topological polar surface area (TPSA) is 66.5 Å². The van der Waals surface area contributed by atoms with Crippen molar-refractivity contribution in [3.05, 3.63) is 29.8 Å². The highest BCUT2D eigenvalue weighted by atomic mass is 35.5. The van der Waals surface area contributed by atoms with Gasteiger partial charge in [0.15, 0.2) is 0 Å². The first kappa shape index (κ1) is 15.2. The summed E-state index contributed by atoms with van der Waals surface area (Å²) in [5.41, 5.74) is 6.48. The van der Waals surface area contributed by atoms with Gasteiger partial charge in [0.1, 0.15) is 5.75 Å². The molecular weight excluding hydrogens is 226 g/mol. The minimum Gasteiger partial charge on any atom is -0.508 e. The van der Waals surface area contributed by atoms with Gasteiger partial charge in [-0.05, 0) is 18.4 Å². The summed E-state index contributed by atoms with van der Waals surface area (Å²) in [5.74, 6) is 0.532. The summed E-state index contributed by atoms with van der Waals surface area (Å²) in [4.78, 5) is 0. The average Bonchev–Trinajstić information content (AvgIpc) is 2.16. The Bertz CT molecular complexity index is 318. The van der Waals surface area contributed by atoms with Crippen LogP contribution in [0, 0.1) is 5.92 Å². The second-order valence-electron chi connectivity index (χ2n) is 4.28. The smallest absolute Gasteiger partial charge is 0.120 e. The van der Waals surface area contributed by atoms with E-state index >= 15 is 0 Å². The van der Waals surface area contributed by atoms with E-state index in [4.69, 9.17) is 5.73 Å². The van der Waals surface area contributed by atoms with Gasteiger partial charge in [-0.15, -0.1) is 12.4 Å². The predicted octanol–water partition coefficient (Wildman–Crippen LogP) is 2.22. The number of aliphatic hydroxyl groups excluding tert-OH is 1. The van der Waals surface area contributed by atoms with Crippen LogP contribution in [-0.4, -0.2) is 16.3 Å². The molecule has 0 saturated heterocycles. The van der Waals surface area contributed by atoms with Gasteiger partial charge in [-0.25, -0.2) is 0 Å². The minimum atomic E-state index is -0.613. The number of aromatic hydroxyl groups is 1. The van der Waals surface area contributed by atoms with Crippen LogP contribution in [0.15, 0.2) is 24.3 Å². The summed E-state index contributed by atoms with van der Waals surface area (Å²) in [6.45, 7) is 4.06. The summed E-state index contributed by atoms with van der Waals surface area (Å²) in [7, 11) is 0. The molecule has 0 bridgehead atoms. The number of aliphatic hydroxyl groups is 1. The van der Waals surface area contributed by atoms with E-state index in [1.54, 1.807) is 24.3 Å². The summed E-state index contributed by atoms with van der Waals surface area (Å²) in [5, 5.41) is 19.4. The van der Waals surface area contributed by atoms with Crippen molar-refractivity contribution in [2.75, 3.05) is 0 Å². The van der Waals surface area contributed by atoms with Gasteiger partial charge in [0.05, 0.1) is 12.1 Å². The van der Waals surface area contributed by atoms with Crippen LogP contribution in [-0.2, 0) is 0 Å². The van der Waals surface area contributed by atoms with Gasteiger partial charge in [-0.1, -0.05) is 32.0 Å². The summed E-state index contributed by atoms with van der Waals surface area (Å²) in [6.07, 6.45) is 0.0217. The van der Waals surface area contributed by atoms with E-state index in [0.29, 0.717) is 17.9 Å². The molecule has 1 aromatic carbocycles. The number of phenols is 1. The number of nitrogens with two attached hydrogens (primary N) is 1. The molecule has 0 unspecified atom stereocenters. The van der Waals surface area contributed by atoms with Crippen LogP contribution in [0.5, 0.6) is 5.75 Å². The zero-order valence-corrected chi connectivity index (χ0v) is 10.4. The lowest BCUT2D eigenvalue weighted by atomic mass is 9.95. The van der Waals surface area contributed by atoms with Crippen LogP contribution in [0.2, 0.25) is 0 Å². The first-order valence-electron chi connectivity index (χ1n) is 5.24. The lowest BCUT2D eigenvalue weighted by molar-refractivity contribution is 0.120. The Balaban J connectivity index is 0.00000225. The Morgan fingerprint density at radius 2 is 1.81 bits per heavy atom. The third-order valence-corrected chi connectivity index (χ3v) is 2.42. The molecule has 0 aliphatic rings. The van der Waals surface area contributed by atoms with Crippen LogP contribution < -0.4 is 5.73 Å². The highest BCUT2D eigenvalue weighted by molar-refractivity contribution is 5.85. The number of phenolic OH excluding ortho intramolecular Hbond substituents is 1. The van der Waals surface area contributed by atoms with E-state index < -0.39 is 12.1 Å². The fourth-order valence-electron chi connectivity index (χ4n) is 1.61. The van der Waals surface area contributed by atoms with Gasteiger partial charge in [0, 0.05) is 5.56 Å². The Hall–Kier alpha value is -0.770. The Labute approximate surface area is 103 Å². The molecule has 1 rings (SSSR count).